The second kappa shape index (κ2) is 10.2. The number of piperidine rings is 1. The highest BCUT2D eigenvalue weighted by atomic mass is 19.4. The molecular formula is C27H25F3N6O2. The number of halogens is 3. The molecule has 0 bridgehead atoms. The second-order valence-corrected chi connectivity index (χ2v) is 9.31. The Balaban J connectivity index is 1.16. The third-order valence-electron chi connectivity index (χ3n) is 6.68. The molecular weight excluding hydrogens is 497 g/mol. The lowest BCUT2D eigenvalue weighted by atomic mass is 9.89. The van der Waals surface area contributed by atoms with Crippen molar-refractivity contribution in [3.63, 3.8) is 0 Å². The zero-order valence-corrected chi connectivity index (χ0v) is 20.5. The number of nitrogens with one attached hydrogen (secondary N) is 2. The van der Waals surface area contributed by atoms with Gasteiger partial charge in [0.2, 0.25) is 0 Å². The molecule has 4 aromatic rings. The second-order valence-electron chi connectivity index (χ2n) is 9.31. The third kappa shape index (κ3) is 5.46. The van der Waals surface area contributed by atoms with Gasteiger partial charge in [-0.2, -0.15) is 18.3 Å². The molecule has 2 aromatic heterocycles. The molecule has 0 radical (unpaired) electrons. The Kier molecular flexibility index (Phi) is 6.75. The van der Waals surface area contributed by atoms with Crippen molar-refractivity contribution in [3.05, 3.63) is 89.6 Å². The van der Waals surface area contributed by atoms with Gasteiger partial charge in [0.25, 0.3) is 11.8 Å². The summed E-state index contributed by atoms with van der Waals surface area (Å²) in [5, 5.41) is 9.49. The van der Waals surface area contributed by atoms with E-state index < -0.39 is 17.6 Å². The average molecular weight is 523 g/mol. The number of aryl methyl sites for hydroxylation is 1. The number of aromatic nitrogens is 4. The lowest BCUT2D eigenvalue weighted by molar-refractivity contribution is -0.137. The molecule has 0 aliphatic carbocycles. The summed E-state index contributed by atoms with van der Waals surface area (Å²) in [6, 6.07) is 13.7. The number of likely N-dealkylation sites (tertiary alicyclic amines) is 1. The van der Waals surface area contributed by atoms with Crippen molar-refractivity contribution < 1.29 is 22.8 Å². The molecule has 11 heteroatoms. The Hall–Kier alpha value is -4.41. The van der Waals surface area contributed by atoms with Crippen LogP contribution in [0.2, 0.25) is 0 Å². The topological polar surface area (TPSA) is 95.9 Å². The Labute approximate surface area is 216 Å². The van der Waals surface area contributed by atoms with E-state index in [1.165, 1.54) is 18.2 Å². The number of H-pyrrole nitrogens is 1. The van der Waals surface area contributed by atoms with Crippen LogP contribution in [0.5, 0.6) is 0 Å². The number of amides is 2. The van der Waals surface area contributed by atoms with Crippen LogP contribution in [0.3, 0.4) is 0 Å². The summed E-state index contributed by atoms with van der Waals surface area (Å²) in [5.74, 6) is -0.154. The van der Waals surface area contributed by atoms with Crippen LogP contribution in [0.15, 0.2) is 67.1 Å². The molecule has 1 aliphatic rings. The van der Waals surface area contributed by atoms with E-state index in [4.69, 9.17) is 0 Å². The highest BCUT2D eigenvalue weighted by molar-refractivity contribution is 6.03. The first kappa shape index (κ1) is 25.2. The minimum atomic E-state index is -4.42. The van der Waals surface area contributed by atoms with Gasteiger partial charge in [-0.25, -0.2) is 4.98 Å². The van der Waals surface area contributed by atoms with E-state index in [1.54, 1.807) is 17.1 Å². The highest BCUT2D eigenvalue weighted by Gasteiger charge is 2.30. The largest absolute Gasteiger partial charge is 0.416 e. The van der Waals surface area contributed by atoms with E-state index in [-0.39, 0.29) is 11.6 Å². The van der Waals surface area contributed by atoms with Crippen LogP contribution < -0.4 is 5.32 Å². The summed E-state index contributed by atoms with van der Waals surface area (Å²) >= 11 is 0. The van der Waals surface area contributed by atoms with Gasteiger partial charge in [-0.1, -0.05) is 24.3 Å². The molecule has 2 amide bonds. The van der Waals surface area contributed by atoms with Gasteiger partial charge in [-0.3, -0.25) is 14.7 Å². The number of imidazole rings is 1. The van der Waals surface area contributed by atoms with Gasteiger partial charge >= 0.3 is 6.18 Å². The van der Waals surface area contributed by atoms with Gasteiger partial charge in [0, 0.05) is 37.6 Å². The van der Waals surface area contributed by atoms with Gasteiger partial charge in [-0.15, -0.1) is 0 Å². The summed E-state index contributed by atoms with van der Waals surface area (Å²) in [4.78, 5) is 31.3. The minimum absolute atomic E-state index is 0.0533. The van der Waals surface area contributed by atoms with Crippen molar-refractivity contribution in [3.8, 4) is 11.3 Å². The van der Waals surface area contributed by atoms with Gasteiger partial charge in [-0.05, 0) is 54.7 Å². The van der Waals surface area contributed by atoms with Crippen LogP contribution in [-0.2, 0) is 13.2 Å². The van der Waals surface area contributed by atoms with Crippen molar-refractivity contribution in [2.75, 3.05) is 18.4 Å². The lowest BCUT2D eigenvalue weighted by Crippen LogP contribution is -2.38. The number of hydrogen-bond donors (Lipinski definition) is 2. The summed E-state index contributed by atoms with van der Waals surface area (Å²) in [6.45, 7) is 1.30. The third-order valence-corrected chi connectivity index (χ3v) is 6.68. The normalized spacial score (nSPS) is 14.5. The van der Waals surface area contributed by atoms with Crippen molar-refractivity contribution >= 4 is 17.5 Å². The number of anilines is 1. The molecule has 3 heterocycles. The number of nitrogens with zero attached hydrogens (tertiary/aromatic N) is 4. The quantitative estimate of drug-likeness (QED) is 0.381. The molecule has 0 atom stereocenters. The zero-order chi connectivity index (χ0) is 26.9. The van der Waals surface area contributed by atoms with Crippen LogP contribution in [0.1, 0.15) is 50.9 Å². The predicted molar refractivity (Wildman–Crippen MR) is 135 cm³/mol. The molecule has 5 rings (SSSR count). The van der Waals surface area contributed by atoms with Crippen LogP contribution in [-0.4, -0.2) is 49.6 Å². The number of rotatable bonds is 5. The van der Waals surface area contributed by atoms with Crippen molar-refractivity contribution in [2.24, 2.45) is 7.05 Å². The fourth-order valence-corrected chi connectivity index (χ4v) is 4.55. The molecule has 196 valence electrons. The average Bonchev–Trinajstić information content (AvgIpc) is 3.58. The summed E-state index contributed by atoms with van der Waals surface area (Å²) in [5.41, 5.74) is 2.47. The van der Waals surface area contributed by atoms with Crippen LogP contribution in [0.4, 0.5) is 18.9 Å². The van der Waals surface area contributed by atoms with E-state index in [1.807, 2.05) is 36.2 Å². The van der Waals surface area contributed by atoms with Crippen LogP contribution >= 0.6 is 0 Å². The molecule has 0 unspecified atom stereocenters. The van der Waals surface area contributed by atoms with E-state index in [0.29, 0.717) is 41.6 Å². The van der Waals surface area contributed by atoms with E-state index in [2.05, 4.69) is 20.5 Å². The van der Waals surface area contributed by atoms with Crippen molar-refractivity contribution in [1.29, 1.82) is 0 Å². The highest BCUT2D eigenvalue weighted by Crippen LogP contribution is 2.31. The van der Waals surface area contributed by atoms with Gasteiger partial charge in [0.15, 0.2) is 0 Å². The van der Waals surface area contributed by atoms with Crippen LogP contribution in [0.25, 0.3) is 11.3 Å². The molecule has 8 nitrogen and oxygen atoms in total. The maximum absolute atomic E-state index is 12.8. The summed E-state index contributed by atoms with van der Waals surface area (Å²) in [7, 11) is 1.83. The van der Waals surface area contributed by atoms with Crippen LogP contribution in [0, 0.1) is 0 Å². The van der Waals surface area contributed by atoms with Crippen molar-refractivity contribution in [1.82, 2.24) is 24.6 Å². The summed E-state index contributed by atoms with van der Waals surface area (Å²) in [6.07, 6.45) is 0.600. The monoisotopic (exact) mass is 522 g/mol. The van der Waals surface area contributed by atoms with E-state index >= 15 is 0 Å². The molecule has 38 heavy (non-hydrogen) atoms. The van der Waals surface area contributed by atoms with Crippen molar-refractivity contribution in [2.45, 2.75) is 24.9 Å². The first-order chi connectivity index (χ1) is 18.2. The zero-order valence-electron chi connectivity index (χ0n) is 20.5. The standard InChI is InChI=1S/C27H25F3N6O2/c1-35-15-24(31-16-35)26(38)36-12-10-18(11-13-36)17-4-8-21(9-5-17)32-25(37)23-14-22(33-34-23)19-2-6-20(7-3-19)27(28,29)30/h2-9,14-16,18H,10-13H2,1H3,(H,32,37)(H,33,34). The fourth-order valence-electron chi connectivity index (χ4n) is 4.55. The number of carbonyl (C=O) groups excluding carboxylic acids is 2. The van der Waals surface area contributed by atoms with E-state index in [9.17, 15) is 22.8 Å². The number of alkyl halides is 3. The Morgan fingerprint density at radius 3 is 2.32 bits per heavy atom. The molecule has 0 spiro atoms. The summed E-state index contributed by atoms with van der Waals surface area (Å²) < 4.78 is 40.1. The molecule has 2 aromatic carbocycles. The first-order valence-electron chi connectivity index (χ1n) is 12.1. The maximum Gasteiger partial charge on any atom is 0.416 e. The van der Waals surface area contributed by atoms with Gasteiger partial charge < -0.3 is 14.8 Å². The Morgan fingerprint density at radius 1 is 1.03 bits per heavy atom. The molecule has 2 N–H and O–H groups in total. The number of benzene rings is 2. The fraction of sp³-hybridized carbons (Fsp3) is 0.259. The van der Waals surface area contributed by atoms with Gasteiger partial charge in [0.1, 0.15) is 11.4 Å². The Morgan fingerprint density at radius 2 is 1.71 bits per heavy atom. The van der Waals surface area contributed by atoms with Gasteiger partial charge in [0.05, 0.1) is 17.6 Å². The molecule has 1 aliphatic heterocycles. The van der Waals surface area contributed by atoms with E-state index in [0.717, 1.165) is 30.5 Å². The lowest BCUT2D eigenvalue weighted by Gasteiger charge is -2.32. The molecule has 1 saturated heterocycles. The number of aromatic amines is 1. The smallest absolute Gasteiger partial charge is 0.340 e. The molecule has 1 fully saturated rings. The SMILES string of the molecule is Cn1cnc(C(=O)N2CCC(c3ccc(NC(=O)c4cc(-c5ccc(C(F)(F)F)cc5)n[nH]4)cc3)CC2)c1. The maximum atomic E-state index is 12.8. The molecule has 0 saturated carbocycles. The minimum Gasteiger partial charge on any atom is -0.340 e. The number of carbonyl (C=O) groups is 2. The number of hydrogen-bond acceptors (Lipinski definition) is 4. The Bertz CT molecular complexity index is 1430. The first-order valence-corrected chi connectivity index (χ1v) is 12.1. The predicted octanol–water partition coefficient (Wildman–Crippen LogP) is 5.10.